The summed E-state index contributed by atoms with van der Waals surface area (Å²) in [4.78, 5) is 0. The number of hydrogen-bond acceptors (Lipinski definition) is 3. The summed E-state index contributed by atoms with van der Waals surface area (Å²) in [5.74, 6) is 0.484. The largest absolute Gasteiger partial charge is 0.305 e. The van der Waals surface area contributed by atoms with Crippen molar-refractivity contribution in [2.75, 3.05) is 11.5 Å². The van der Waals surface area contributed by atoms with E-state index in [0.717, 1.165) is 12.0 Å². The minimum absolute atomic E-state index is 0.0655. The lowest BCUT2D eigenvalue weighted by Crippen LogP contribution is -2.47. The number of aryl methyl sites for hydroxylation is 3. The molecule has 1 N–H and O–H groups in total. The Morgan fingerprint density at radius 2 is 1.74 bits per heavy atom. The first-order valence-corrected chi connectivity index (χ1v) is 8.68. The fourth-order valence-electron chi connectivity index (χ4n) is 3.15. The van der Waals surface area contributed by atoms with Crippen LogP contribution in [0.15, 0.2) is 12.1 Å². The average molecular weight is 281 g/mol. The maximum Gasteiger partial charge on any atom is 0.153 e. The van der Waals surface area contributed by atoms with E-state index in [2.05, 4.69) is 38.2 Å². The summed E-state index contributed by atoms with van der Waals surface area (Å²) in [5.41, 5.74) is 4.75. The normalized spacial score (nSPS) is 26.3. The molecule has 1 aliphatic rings. The summed E-state index contributed by atoms with van der Waals surface area (Å²) in [6, 6.07) is 4.27. The highest BCUT2D eigenvalue weighted by atomic mass is 32.2. The van der Waals surface area contributed by atoms with Gasteiger partial charge in [-0.15, -0.1) is 0 Å². The quantitative estimate of drug-likeness (QED) is 0.905. The van der Waals surface area contributed by atoms with Crippen molar-refractivity contribution in [1.82, 2.24) is 5.32 Å². The second kappa shape index (κ2) is 5.25. The van der Waals surface area contributed by atoms with Gasteiger partial charge in [0.05, 0.1) is 11.5 Å². The van der Waals surface area contributed by atoms with Crippen molar-refractivity contribution in [1.29, 1.82) is 0 Å². The van der Waals surface area contributed by atoms with E-state index >= 15 is 0 Å². The van der Waals surface area contributed by atoms with E-state index in [-0.39, 0.29) is 23.6 Å². The lowest BCUT2D eigenvalue weighted by atomic mass is 9.94. The molecule has 0 radical (unpaired) electrons. The third-order valence-corrected chi connectivity index (χ3v) is 5.64. The van der Waals surface area contributed by atoms with Gasteiger partial charge in [0, 0.05) is 12.1 Å². The highest BCUT2D eigenvalue weighted by Crippen LogP contribution is 2.28. The van der Waals surface area contributed by atoms with Crippen molar-refractivity contribution in [2.24, 2.45) is 0 Å². The Kier molecular flexibility index (Phi) is 4.02. The second-order valence-electron chi connectivity index (χ2n) is 5.71. The molecule has 3 nitrogen and oxygen atoms in total. The maximum absolute atomic E-state index is 12.1. The Labute approximate surface area is 116 Å². The van der Waals surface area contributed by atoms with Crippen LogP contribution in [-0.2, 0) is 9.84 Å². The van der Waals surface area contributed by atoms with Crippen LogP contribution in [0.1, 0.15) is 41.6 Å². The molecule has 0 aliphatic carbocycles. The second-order valence-corrected chi connectivity index (χ2v) is 7.87. The van der Waals surface area contributed by atoms with Gasteiger partial charge in [0.15, 0.2) is 9.84 Å². The minimum Gasteiger partial charge on any atom is -0.305 e. The van der Waals surface area contributed by atoms with Crippen molar-refractivity contribution in [3.05, 3.63) is 34.4 Å². The van der Waals surface area contributed by atoms with Gasteiger partial charge in [-0.3, -0.25) is 0 Å². The van der Waals surface area contributed by atoms with Crippen LogP contribution >= 0.6 is 0 Å². The number of nitrogens with one attached hydrogen (secondary N) is 1. The molecule has 1 fully saturated rings. The Balaban J connectivity index is 2.41. The van der Waals surface area contributed by atoms with Gasteiger partial charge in [-0.25, -0.2) is 8.42 Å². The molecule has 0 aromatic heterocycles. The first-order valence-electron chi connectivity index (χ1n) is 6.86. The summed E-state index contributed by atoms with van der Waals surface area (Å²) in [5, 5.41) is 3.50. The zero-order valence-corrected chi connectivity index (χ0v) is 13.0. The van der Waals surface area contributed by atoms with E-state index < -0.39 is 9.84 Å². The summed E-state index contributed by atoms with van der Waals surface area (Å²) in [7, 11) is -2.95. The van der Waals surface area contributed by atoms with Crippen LogP contribution in [0.4, 0.5) is 0 Å². The molecule has 0 saturated carbocycles. The smallest absolute Gasteiger partial charge is 0.153 e. The van der Waals surface area contributed by atoms with E-state index in [1.54, 1.807) is 0 Å². The predicted octanol–water partition coefficient (Wildman–Crippen LogP) is 2.45. The zero-order chi connectivity index (χ0) is 14.2. The van der Waals surface area contributed by atoms with Gasteiger partial charge < -0.3 is 5.32 Å². The van der Waals surface area contributed by atoms with Crippen LogP contribution in [0.25, 0.3) is 0 Å². The first-order chi connectivity index (χ1) is 8.82. The summed E-state index contributed by atoms with van der Waals surface area (Å²) < 4.78 is 24.1. The molecule has 2 atom stereocenters. The van der Waals surface area contributed by atoms with Crippen molar-refractivity contribution in [2.45, 2.75) is 46.2 Å². The van der Waals surface area contributed by atoms with Gasteiger partial charge in [0.1, 0.15) is 0 Å². The molecule has 2 unspecified atom stereocenters. The molecule has 1 saturated heterocycles. The molecule has 19 heavy (non-hydrogen) atoms. The lowest BCUT2D eigenvalue weighted by Gasteiger charge is -2.32. The van der Waals surface area contributed by atoms with E-state index in [0.29, 0.717) is 0 Å². The van der Waals surface area contributed by atoms with Crippen molar-refractivity contribution < 1.29 is 8.42 Å². The maximum atomic E-state index is 12.1. The number of benzene rings is 1. The summed E-state index contributed by atoms with van der Waals surface area (Å²) >= 11 is 0. The molecule has 0 bridgehead atoms. The molecule has 1 aliphatic heterocycles. The van der Waals surface area contributed by atoms with Gasteiger partial charge in [0.2, 0.25) is 0 Å². The van der Waals surface area contributed by atoms with E-state index in [9.17, 15) is 8.42 Å². The Morgan fingerprint density at radius 3 is 2.26 bits per heavy atom. The number of sulfone groups is 1. The highest BCUT2D eigenvalue weighted by Gasteiger charge is 2.32. The van der Waals surface area contributed by atoms with Gasteiger partial charge in [0.25, 0.3) is 0 Å². The van der Waals surface area contributed by atoms with E-state index in [4.69, 9.17) is 0 Å². The number of hydrogen-bond donors (Lipinski definition) is 1. The Hall–Kier alpha value is -0.870. The predicted molar refractivity (Wildman–Crippen MR) is 79.3 cm³/mol. The summed E-state index contributed by atoms with van der Waals surface area (Å²) in [6.07, 6.45) is 0.847. The Bertz CT molecular complexity index is 555. The van der Waals surface area contributed by atoms with E-state index in [1.807, 2.05) is 6.92 Å². The molecule has 2 rings (SSSR count). The SMILES string of the molecule is CCC1CS(=O)(=O)CC(c2c(C)cc(C)cc2C)N1. The Morgan fingerprint density at radius 1 is 1.16 bits per heavy atom. The van der Waals surface area contributed by atoms with Crippen LogP contribution in [0, 0.1) is 20.8 Å². The van der Waals surface area contributed by atoms with Gasteiger partial charge in [-0.05, 0) is 43.9 Å². The molecular weight excluding hydrogens is 258 g/mol. The molecule has 1 heterocycles. The monoisotopic (exact) mass is 281 g/mol. The average Bonchev–Trinajstić information content (AvgIpc) is 2.25. The van der Waals surface area contributed by atoms with Gasteiger partial charge in [-0.2, -0.15) is 0 Å². The molecule has 1 aromatic carbocycles. The van der Waals surface area contributed by atoms with Crippen molar-refractivity contribution >= 4 is 9.84 Å². The van der Waals surface area contributed by atoms with Crippen LogP contribution in [0.5, 0.6) is 0 Å². The molecular formula is C15H23NO2S. The van der Waals surface area contributed by atoms with Crippen molar-refractivity contribution in [3.63, 3.8) is 0 Å². The topological polar surface area (TPSA) is 46.2 Å². The molecule has 4 heteroatoms. The highest BCUT2D eigenvalue weighted by molar-refractivity contribution is 7.91. The molecule has 1 aromatic rings. The third kappa shape index (κ3) is 3.18. The zero-order valence-electron chi connectivity index (χ0n) is 12.2. The van der Waals surface area contributed by atoms with Crippen molar-refractivity contribution in [3.8, 4) is 0 Å². The minimum atomic E-state index is -2.95. The number of rotatable bonds is 2. The third-order valence-electron chi connectivity index (χ3n) is 3.89. The summed E-state index contributed by atoms with van der Waals surface area (Å²) in [6.45, 7) is 8.24. The van der Waals surface area contributed by atoms with Gasteiger partial charge in [-0.1, -0.05) is 24.6 Å². The molecule has 106 valence electrons. The first kappa shape index (κ1) is 14.5. The van der Waals surface area contributed by atoms with Gasteiger partial charge >= 0.3 is 0 Å². The standard InChI is InChI=1S/C15H23NO2S/c1-5-13-8-19(17,18)9-14(16-13)15-11(3)6-10(2)7-12(15)4/h6-7,13-14,16H,5,8-9H2,1-4H3. The lowest BCUT2D eigenvalue weighted by molar-refractivity contribution is 0.438. The fraction of sp³-hybridized carbons (Fsp3) is 0.600. The van der Waals surface area contributed by atoms with E-state index in [1.165, 1.54) is 16.7 Å². The molecule has 0 spiro atoms. The molecule has 0 amide bonds. The van der Waals surface area contributed by atoms with Crippen LogP contribution in [0.2, 0.25) is 0 Å². The van der Waals surface area contributed by atoms with Crippen LogP contribution in [0.3, 0.4) is 0 Å². The van der Waals surface area contributed by atoms with Crippen LogP contribution < -0.4 is 5.32 Å². The van der Waals surface area contributed by atoms with Crippen LogP contribution in [-0.4, -0.2) is 26.0 Å². The fourth-order valence-corrected chi connectivity index (χ4v) is 5.00.